The third-order valence-electron chi connectivity index (χ3n) is 2.18. The monoisotopic (exact) mass is 209 g/mol. The minimum Gasteiger partial charge on any atom is -0.397 e. The minimum absolute atomic E-state index is 0.811. The molecule has 0 unspecified atom stereocenters. The number of benzene rings is 1. The van der Waals surface area contributed by atoms with Crippen LogP contribution in [-0.2, 0) is 6.42 Å². The molecule has 68 valence electrons. The van der Waals surface area contributed by atoms with E-state index in [1.54, 1.807) is 11.3 Å². The highest BCUT2D eigenvalue weighted by atomic mass is 32.2. The molecule has 0 atom stereocenters. The Kier molecular flexibility index (Phi) is 2.22. The average molecular weight is 209 g/mol. The maximum absolute atomic E-state index is 5.86. The molecule has 0 radical (unpaired) electrons. The fourth-order valence-electron chi connectivity index (χ4n) is 1.37. The van der Waals surface area contributed by atoms with E-state index in [-0.39, 0.29) is 0 Å². The second-order valence-electron chi connectivity index (χ2n) is 3.00. The molecule has 0 bridgehead atoms. The number of thiophene rings is 1. The Bertz CT molecular complexity index is 445. The van der Waals surface area contributed by atoms with Gasteiger partial charge >= 0.3 is 0 Å². The number of rotatable bonds is 1. The zero-order chi connectivity index (χ0) is 9.42. The van der Waals surface area contributed by atoms with Gasteiger partial charge in [0.15, 0.2) is 0 Å². The molecule has 1 heterocycles. The zero-order valence-electron chi connectivity index (χ0n) is 7.37. The van der Waals surface area contributed by atoms with E-state index in [1.165, 1.54) is 10.3 Å². The van der Waals surface area contributed by atoms with E-state index >= 15 is 0 Å². The highest BCUT2D eigenvalue weighted by molar-refractivity contribution is 7.83. The molecule has 2 rings (SSSR count). The number of fused-ring (bicyclic) bond motifs is 1. The molecule has 1 nitrogen and oxygen atoms in total. The molecule has 0 saturated heterocycles. The summed E-state index contributed by atoms with van der Waals surface area (Å²) in [6.45, 7) is 2.15. The van der Waals surface area contributed by atoms with Crippen molar-refractivity contribution in [2.45, 2.75) is 17.6 Å². The number of nitrogen functional groups attached to an aromatic ring is 1. The second kappa shape index (κ2) is 3.24. The van der Waals surface area contributed by atoms with Gasteiger partial charge in [0.2, 0.25) is 0 Å². The van der Waals surface area contributed by atoms with Gasteiger partial charge in [-0.25, -0.2) is 0 Å². The van der Waals surface area contributed by atoms with Crippen LogP contribution in [0.25, 0.3) is 10.1 Å². The van der Waals surface area contributed by atoms with Crippen molar-refractivity contribution >= 4 is 39.7 Å². The lowest BCUT2D eigenvalue weighted by Crippen LogP contribution is -1.83. The lowest BCUT2D eigenvalue weighted by atomic mass is 10.1. The molecule has 0 aliphatic carbocycles. The van der Waals surface area contributed by atoms with Crippen LogP contribution in [0.3, 0.4) is 0 Å². The lowest BCUT2D eigenvalue weighted by Gasteiger charge is -1.96. The number of nitrogens with two attached hydrogens (primary N) is 1. The van der Waals surface area contributed by atoms with Crippen LogP contribution in [0, 0.1) is 0 Å². The zero-order valence-corrected chi connectivity index (χ0v) is 9.08. The summed E-state index contributed by atoms with van der Waals surface area (Å²) in [5.74, 6) is 0. The van der Waals surface area contributed by atoms with Crippen molar-refractivity contribution in [3.63, 3.8) is 0 Å². The largest absolute Gasteiger partial charge is 0.397 e. The number of hydrogen-bond donors (Lipinski definition) is 2. The van der Waals surface area contributed by atoms with Crippen LogP contribution in [0.1, 0.15) is 12.5 Å². The van der Waals surface area contributed by atoms with Gasteiger partial charge in [0, 0.05) is 10.1 Å². The van der Waals surface area contributed by atoms with Crippen LogP contribution >= 0.6 is 24.0 Å². The van der Waals surface area contributed by atoms with Crippen LogP contribution in [0.5, 0.6) is 0 Å². The van der Waals surface area contributed by atoms with E-state index < -0.39 is 0 Å². The van der Waals surface area contributed by atoms with Crippen molar-refractivity contribution in [3.8, 4) is 0 Å². The Morgan fingerprint density at radius 2 is 2.23 bits per heavy atom. The highest BCUT2D eigenvalue weighted by Crippen LogP contribution is 2.36. The molecule has 0 aliphatic rings. The van der Waals surface area contributed by atoms with Gasteiger partial charge in [0.25, 0.3) is 0 Å². The maximum Gasteiger partial charge on any atom is 0.0811 e. The molecule has 0 saturated carbocycles. The summed E-state index contributed by atoms with van der Waals surface area (Å²) in [5, 5.41) is 1.13. The van der Waals surface area contributed by atoms with Crippen molar-refractivity contribution in [3.05, 3.63) is 23.8 Å². The van der Waals surface area contributed by atoms with E-state index in [9.17, 15) is 0 Å². The second-order valence-corrected chi connectivity index (χ2v) is 4.81. The summed E-state index contributed by atoms with van der Waals surface area (Å²) < 4.78 is 2.16. The Labute approximate surface area is 87.0 Å². The molecule has 2 aromatic rings. The van der Waals surface area contributed by atoms with Crippen LogP contribution in [0.4, 0.5) is 5.69 Å². The third-order valence-corrected chi connectivity index (χ3v) is 3.67. The van der Waals surface area contributed by atoms with E-state index in [0.29, 0.717) is 0 Å². The predicted octanol–water partition coefficient (Wildman–Crippen LogP) is 3.33. The molecule has 0 fully saturated rings. The van der Waals surface area contributed by atoms with E-state index in [4.69, 9.17) is 5.73 Å². The van der Waals surface area contributed by atoms with Gasteiger partial charge in [-0.05, 0) is 18.1 Å². The van der Waals surface area contributed by atoms with Crippen molar-refractivity contribution in [1.82, 2.24) is 0 Å². The molecule has 0 aliphatic heterocycles. The first-order valence-electron chi connectivity index (χ1n) is 4.22. The quantitative estimate of drug-likeness (QED) is 0.692. The van der Waals surface area contributed by atoms with Gasteiger partial charge in [-0.15, -0.1) is 24.0 Å². The molecule has 1 aromatic heterocycles. The first-order valence-corrected chi connectivity index (χ1v) is 5.48. The first-order chi connectivity index (χ1) is 6.22. The standard InChI is InChI=1S/C10H11NS2/c1-2-6-3-4-7-8(5-6)13-10(12)9(7)11/h3-5,12H,2,11H2,1H3. The number of anilines is 1. The van der Waals surface area contributed by atoms with Gasteiger partial charge in [-0.1, -0.05) is 19.1 Å². The molecule has 0 amide bonds. The Balaban J connectivity index is 2.73. The van der Waals surface area contributed by atoms with Crippen molar-refractivity contribution < 1.29 is 0 Å². The SMILES string of the molecule is CCc1ccc2c(N)c(S)sc2c1. The van der Waals surface area contributed by atoms with Crippen LogP contribution in [0.15, 0.2) is 22.4 Å². The Morgan fingerprint density at radius 3 is 2.92 bits per heavy atom. The van der Waals surface area contributed by atoms with Gasteiger partial charge < -0.3 is 5.73 Å². The summed E-state index contributed by atoms with van der Waals surface area (Å²) in [7, 11) is 0. The Morgan fingerprint density at radius 1 is 1.46 bits per heavy atom. The molecule has 2 N–H and O–H groups in total. The predicted molar refractivity (Wildman–Crippen MR) is 62.9 cm³/mol. The molecule has 1 aromatic carbocycles. The normalized spacial score (nSPS) is 10.9. The van der Waals surface area contributed by atoms with Crippen LogP contribution in [0.2, 0.25) is 0 Å². The molecular formula is C10H11NS2. The fourth-order valence-corrected chi connectivity index (χ4v) is 2.71. The third kappa shape index (κ3) is 1.42. The lowest BCUT2D eigenvalue weighted by molar-refractivity contribution is 1.15. The molecule has 0 spiro atoms. The Hall–Kier alpha value is -0.670. The van der Waals surface area contributed by atoms with Crippen LogP contribution in [-0.4, -0.2) is 0 Å². The summed E-state index contributed by atoms with van der Waals surface area (Å²) in [5.41, 5.74) is 8.02. The maximum atomic E-state index is 5.86. The first kappa shape index (κ1) is 8.91. The van der Waals surface area contributed by atoms with Crippen molar-refractivity contribution in [2.24, 2.45) is 0 Å². The number of hydrogen-bond acceptors (Lipinski definition) is 3. The molecule has 13 heavy (non-hydrogen) atoms. The smallest absolute Gasteiger partial charge is 0.0811 e. The van der Waals surface area contributed by atoms with E-state index in [2.05, 4.69) is 37.8 Å². The topological polar surface area (TPSA) is 26.0 Å². The number of thiol groups is 1. The van der Waals surface area contributed by atoms with Gasteiger partial charge in [0.05, 0.1) is 9.90 Å². The van der Waals surface area contributed by atoms with Gasteiger partial charge in [-0.3, -0.25) is 0 Å². The molecular weight excluding hydrogens is 198 g/mol. The number of aryl methyl sites for hydroxylation is 1. The van der Waals surface area contributed by atoms with E-state index in [0.717, 1.165) is 21.7 Å². The summed E-state index contributed by atoms with van der Waals surface area (Å²) in [6.07, 6.45) is 1.07. The summed E-state index contributed by atoms with van der Waals surface area (Å²) in [4.78, 5) is 0. The summed E-state index contributed by atoms with van der Waals surface area (Å²) in [6, 6.07) is 6.40. The van der Waals surface area contributed by atoms with Gasteiger partial charge in [-0.2, -0.15) is 0 Å². The van der Waals surface area contributed by atoms with Gasteiger partial charge in [0.1, 0.15) is 0 Å². The average Bonchev–Trinajstić information content (AvgIpc) is 2.42. The molecule has 3 heteroatoms. The van der Waals surface area contributed by atoms with E-state index in [1.807, 2.05) is 0 Å². The highest BCUT2D eigenvalue weighted by Gasteiger charge is 2.05. The fraction of sp³-hybridized carbons (Fsp3) is 0.200. The summed E-state index contributed by atoms with van der Waals surface area (Å²) >= 11 is 5.96. The van der Waals surface area contributed by atoms with Crippen molar-refractivity contribution in [2.75, 3.05) is 5.73 Å². The van der Waals surface area contributed by atoms with Crippen LogP contribution < -0.4 is 5.73 Å². The van der Waals surface area contributed by atoms with Crippen molar-refractivity contribution in [1.29, 1.82) is 0 Å². The minimum atomic E-state index is 0.811.